The molecule has 1 aromatic rings. The van der Waals surface area contributed by atoms with E-state index in [0.29, 0.717) is 24.2 Å². The van der Waals surface area contributed by atoms with Crippen LogP contribution in [0.3, 0.4) is 0 Å². The molecule has 1 aromatic carbocycles. The molecule has 1 heterocycles. The van der Waals surface area contributed by atoms with Crippen LogP contribution in [-0.2, 0) is 20.4 Å². The van der Waals surface area contributed by atoms with E-state index < -0.39 is 15.6 Å². The maximum atomic E-state index is 12.1. The highest BCUT2D eigenvalue weighted by Gasteiger charge is 2.23. The monoisotopic (exact) mass is 306 g/mol. The number of sulfone groups is 1. The van der Waals surface area contributed by atoms with Crippen LogP contribution in [0.15, 0.2) is 24.3 Å². The SMILES string of the molecule is N#Cc1cccc(CS(=O)(=O)CC(=O)N2CCCCC2)c1. The first kappa shape index (κ1) is 15.5. The van der Waals surface area contributed by atoms with Gasteiger partial charge in [0.1, 0.15) is 5.75 Å². The highest BCUT2D eigenvalue weighted by molar-refractivity contribution is 7.91. The van der Waals surface area contributed by atoms with Crippen LogP contribution in [-0.4, -0.2) is 38.1 Å². The molecule has 0 aliphatic carbocycles. The van der Waals surface area contributed by atoms with Crippen LogP contribution in [0.2, 0.25) is 0 Å². The van der Waals surface area contributed by atoms with Crippen LogP contribution < -0.4 is 0 Å². The van der Waals surface area contributed by atoms with Crippen LogP contribution in [0.5, 0.6) is 0 Å². The van der Waals surface area contributed by atoms with E-state index in [-0.39, 0.29) is 11.7 Å². The van der Waals surface area contributed by atoms with Gasteiger partial charge in [-0.05, 0) is 37.0 Å². The lowest BCUT2D eigenvalue weighted by Crippen LogP contribution is -2.39. The van der Waals surface area contributed by atoms with Gasteiger partial charge in [-0.15, -0.1) is 0 Å². The highest BCUT2D eigenvalue weighted by atomic mass is 32.2. The largest absolute Gasteiger partial charge is 0.342 e. The molecule has 5 nitrogen and oxygen atoms in total. The number of carbonyl (C=O) groups is 1. The fraction of sp³-hybridized carbons (Fsp3) is 0.467. The second-order valence-corrected chi connectivity index (χ2v) is 7.35. The zero-order valence-corrected chi connectivity index (χ0v) is 12.6. The van der Waals surface area contributed by atoms with E-state index >= 15 is 0 Å². The average Bonchev–Trinajstić information content (AvgIpc) is 2.47. The van der Waals surface area contributed by atoms with Gasteiger partial charge in [0.25, 0.3) is 0 Å². The minimum atomic E-state index is -3.51. The molecule has 1 fully saturated rings. The lowest BCUT2D eigenvalue weighted by Gasteiger charge is -2.26. The zero-order chi connectivity index (χ0) is 15.3. The molecule has 6 heteroatoms. The van der Waals surface area contributed by atoms with Gasteiger partial charge in [0, 0.05) is 13.1 Å². The van der Waals surface area contributed by atoms with E-state index in [1.54, 1.807) is 29.2 Å². The van der Waals surface area contributed by atoms with Crippen molar-refractivity contribution in [1.82, 2.24) is 4.90 Å². The number of rotatable bonds is 4. The number of amides is 1. The van der Waals surface area contributed by atoms with Crippen molar-refractivity contribution in [3.63, 3.8) is 0 Å². The lowest BCUT2D eigenvalue weighted by atomic mass is 10.1. The summed E-state index contributed by atoms with van der Waals surface area (Å²) >= 11 is 0. The summed E-state index contributed by atoms with van der Waals surface area (Å²) in [4.78, 5) is 13.7. The van der Waals surface area contributed by atoms with E-state index in [2.05, 4.69) is 0 Å². The fourth-order valence-electron chi connectivity index (χ4n) is 2.46. The Hall–Kier alpha value is -1.87. The molecular formula is C15H18N2O3S. The molecule has 0 unspecified atom stereocenters. The van der Waals surface area contributed by atoms with Gasteiger partial charge in [-0.1, -0.05) is 12.1 Å². The molecule has 112 valence electrons. The standard InChI is InChI=1S/C15H18N2O3S/c16-10-13-5-4-6-14(9-13)11-21(19,20)12-15(18)17-7-2-1-3-8-17/h4-6,9H,1-3,7-8,11-12H2. The van der Waals surface area contributed by atoms with E-state index in [1.807, 2.05) is 6.07 Å². The number of hydrogen-bond acceptors (Lipinski definition) is 4. The van der Waals surface area contributed by atoms with Gasteiger partial charge in [-0.25, -0.2) is 8.42 Å². The Labute approximate surface area is 125 Å². The van der Waals surface area contributed by atoms with Crippen LogP contribution in [0.1, 0.15) is 30.4 Å². The molecule has 1 aliphatic rings. The summed E-state index contributed by atoms with van der Waals surface area (Å²) in [6.07, 6.45) is 2.98. The number of benzene rings is 1. The van der Waals surface area contributed by atoms with Crippen LogP contribution in [0.4, 0.5) is 0 Å². The minimum Gasteiger partial charge on any atom is -0.342 e. The number of carbonyl (C=O) groups excluding carboxylic acids is 1. The Morgan fingerprint density at radius 1 is 1.24 bits per heavy atom. The van der Waals surface area contributed by atoms with Crippen molar-refractivity contribution in [2.75, 3.05) is 18.8 Å². The maximum absolute atomic E-state index is 12.1. The molecule has 0 spiro atoms. The molecule has 1 amide bonds. The second kappa shape index (κ2) is 6.72. The van der Waals surface area contributed by atoms with Crippen LogP contribution in [0, 0.1) is 11.3 Å². The fourth-order valence-corrected chi connectivity index (χ4v) is 3.81. The zero-order valence-electron chi connectivity index (χ0n) is 11.8. The average molecular weight is 306 g/mol. The predicted molar refractivity (Wildman–Crippen MR) is 79.1 cm³/mol. The number of nitriles is 1. The normalized spacial score (nSPS) is 15.5. The first-order valence-electron chi connectivity index (χ1n) is 6.97. The molecule has 0 atom stereocenters. The van der Waals surface area contributed by atoms with Gasteiger partial charge in [0.05, 0.1) is 17.4 Å². The van der Waals surface area contributed by atoms with Crippen molar-refractivity contribution in [2.45, 2.75) is 25.0 Å². The Morgan fingerprint density at radius 2 is 1.95 bits per heavy atom. The van der Waals surface area contributed by atoms with Gasteiger partial charge in [-0.3, -0.25) is 4.79 Å². The Bertz CT molecular complexity index is 656. The summed E-state index contributed by atoms with van der Waals surface area (Å²) < 4.78 is 24.2. The van der Waals surface area contributed by atoms with Gasteiger partial charge >= 0.3 is 0 Å². The van der Waals surface area contributed by atoms with Crippen molar-refractivity contribution in [1.29, 1.82) is 5.26 Å². The number of nitrogens with zero attached hydrogens (tertiary/aromatic N) is 2. The summed E-state index contributed by atoms with van der Waals surface area (Å²) in [7, 11) is -3.51. The topological polar surface area (TPSA) is 78.2 Å². The number of hydrogen-bond donors (Lipinski definition) is 0. The summed E-state index contributed by atoms with van der Waals surface area (Å²) in [5.74, 6) is -0.975. The molecule has 0 radical (unpaired) electrons. The van der Waals surface area contributed by atoms with Crippen molar-refractivity contribution < 1.29 is 13.2 Å². The predicted octanol–water partition coefficient (Wildman–Crippen LogP) is 1.49. The number of piperidine rings is 1. The third-order valence-corrected chi connectivity index (χ3v) is 4.95. The molecular weight excluding hydrogens is 288 g/mol. The maximum Gasteiger partial charge on any atom is 0.237 e. The third-order valence-electron chi connectivity index (χ3n) is 3.49. The molecule has 0 saturated carbocycles. The molecule has 0 bridgehead atoms. The van der Waals surface area contributed by atoms with E-state index in [0.717, 1.165) is 19.3 Å². The van der Waals surface area contributed by atoms with Crippen molar-refractivity contribution in [3.8, 4) is 6.07 Å². The lowest BCUT2D eigenvalue weighted by molar-refractivity contribution is -0.129. The van der Waals surface area contributed by atoms with Gasteiger partial charge in [0.15, 0.2) is 9.84 Å². The van der Waals surface area contributed by atoms with Crippen LogP contribution in [0.25, 0.3) is 0 Å². The Kier molecular flexibility index (Phi) is 4.97. The van der Waals surface area contributed by atoms with Crippen LogP contribution >= 0.6 is 0 Å². The van der Waals surface area contributed by atoms with Gasteiger partial charge in [-0.2, -0.15) is 5.26 Å². The highest BCUT2D eigenvalue weighted by Crippen LogP contribution is 2.12. The summed E-state index contributed by atoms with van der Waals surface area (Å²) in [5.41, 5.74) is 0.963. The van der Waals surface area contributed by atoms with Gasteiger partial charge in [0.2, 0.25) is 5.91 Å². The molecule has 2 rings (SSSR count). The van der Waals surface area contributed by atoms with E-state index in [1.165, 1.54) is 0 Å². The molecule has 1 saturated heterocycles. The molecule has 0 aromatic heterocycles. The molecule has 21 heavy (non-hydrogen) atoms. The number of likely N-dealkylation sites (tertiary alicyclic amines) is 1. The van der Waals surface area contributed by atoms with E-state index in [9.17, 15) is 13.2 Å². The molecule has 1 aliphatic heterocycles. The Morgan fingerprint density at radius 3 is 2.62 bits per heavy atom. The summed E-state index contributed by atoms with van der Waals surface area (Å²) in [5, 5.41) is 8.82. The van der Waals surface area contributed by atoms with Gasteiger partial charge < -0.3 is 4.90 Å². The summed E-state index contributed by atoms with van der Waals surface area (Å²) in [6.45, 7) is 1.30. The quantitative estimate of drug-likeness (QED) is 0.844. The second-order valence-electron chi connectivity index (χ2n) is 5.29. The van der Waals surface area contributed by atoms with E-state index in [4.69, 9.17) is 5.26 Å². The van der Waals surface area contributed by atoms with Crippen molar-refractivity contribution in [3.05, 3.63) is 35.4 Å². The Balaban J connectivity index is 2.01. The minimum absolute atomic E-state index is 0.206. The summed E-state index contributed by atoms with van der Waals surface area (Å²) in [6, 6.07) is 8.45. The van der Waals surface area contributed by atoms with Crippen molar-refractivity contribution in [2.24, 2.45) is 0 Å². The first-order chi connectivity index (χ1) is 10.00. The third kappa shape index (κ3) is 4.57. The van der Waals surface area contributed by atoms with Crippen molar-refractivity contribution >= 4 is 15.7 Å². The smallest absolute Gasteiger partial charge is 0.237 e. The first-order valence-corrected chi connectivity index (χ1v) is 8.79. The molecule has 0 N–H and O–H groups in total.